The van der Waals surface area contributed by atoms with Gasteiger partial charge in [0.1, 0.15) is 0 Å². The molecule has 150 valence electrons. The third kappa shape index (κ3) is 8.90. The van der Waals surface area contributed by atoms with Gasteiger partial charge in [0.15, 0.2) is 5.96 Å². The fraction of sp³-hybridized carbons (Fsp3) is 0.476. The number of aliphatic imine (C=N–C) groups is 1. The van der Waals surface area contributed by atoms with Gasteiger partial charge in [0.25, 0.3) is 0 Å². The van der Waals surface area contributed by atoms with E-state index in [1.54, 1.807) is 7.05 Å². The van der Waals surface area contributed by atoms with Gasteiger partial charge in [-0.2, -0.15) is 0 Å². The number of ether oxygens (including phenoxy) is 2. The monoisotopic (exact) mass is 485 g/mol. The van der Waals surface area contributed by atoms with Gasteiger partial charge >= 0.3 is 0 Å². The number of rotatable bonds is 11. The fourth-order valence-corrected chi connectivity index (χ4v) is 2.66. The van der Waals surface area contributed by atoms with Crippen molar-refractivity contribution in [3.8, 4) is 0 Å². The van der Waals surface area contributed by atoms with E-state index < -0.39 is 0 Å². The highest BCUT2D eigenvalue weighted by Crippen LogP contribution is 2.18. The average Bonchev–Trinajstić information content (AvgIpc) is 2.69. The van der Waals surface area contributed by atoms with Gasteiger partial charge in [-0.15, -0.1) is 24.0 Å². The Kier molecular flexibility index (Phi) is 12.8. The number of nitrogens with zero attached hydrogens (tertiary/aromatic N) is 1. The maximum Gasteiger partial charge on any atom is 0.191 e. The van der Waals surface area contributed by atoms with Gasteiger partial charge < -0.3 is 20.1 Å². The van der Waals surface area contributed by atoms with E-state index in [9.17, 15) is 0 Å². The van der Waals surface area contributed by atoms with Crippen LogP contribution >= 0.6 is 24.0 Å². The van der Waals surface area contributed by atoms with Crippen molar-refractivity contribution in [2.45, 2.75) is 26.3 Å². The molecule has 5 nitrogen and oxygen atoms in total. The van der Waals surface area contributed by atoms with Crippen molar-refractivity contribution >= 4 is 40.7 Å². The number of nitrogens with one attached hydrogen (secondary N) is 2. The van der Waals surface area contributed by atoms with Crippen molar-refractivity contribution < 1.29 is 9.47 Å². The molecule has 0 aromatic heterocycles. The molecule has 0 unspecified atom stereocenters. The SMILES string of the molecule is CCCCOCCOCCNC(=NC)NCc1cccc2ccccc12.I. The van der Waals surface area contributed by atoms with Crippen LogP contribution in [0.5, 0.6) is 0 Å². The molecule has 2 rings (SSSR count). The summed E-state index contributed by atoms with van der Waals surface area (Å²) in [6.45, 7) is 6.35. The van der Waals surface area contributed by atoms with Crippen LogP contribution in [0, 0.1) is 0 Å². The van der Waals surface area contributed by atoms with Crippen molar-refractivity contribution in [1.82, 2.24) is 10.6 Å². The molecule has 2 N–H and O–H groups in total. The first-order valence-electron chi connectivity index (χ1n) is 9.41. The van der Waals surface area contributed by atoms with E-state index in [0.717, 1.165) is 32.0 Å². The molecule has 0 saturated heterocycles. The van der Waals surface area contributed by atoms with Crippen molar-refractivity contribution in [3.63, 3.8) is 0 Å². The molecule has 0 spiro atoms. The molecule has 0 atom stereocenters. The van der Waals surface area contributed by atoms with E-state index in [-0.39, 0.29) is 24.0 Å². The smallest absolute Gasteiger partial charge is 0.191 e. The summed E-state index contributed by atoms with van der Waals surface area (Å²) >= 11 is 0. The van der Waals surface area contributed by atoms with E-state index >= 15 is 0 Å². The van der Waals surface area contributed by atoms with Crippen LogP contribution < -0.4 is 10.6 Å². The second-order valence-corrected chi connectivity index (χ2v) is 6.07. The second-order valence-electron chi connectivity index (χ2n) is 6.07. The predicted octanol–water partition coefficient (Wildman–Crippen LogP) is 3.96. The van der Waals surface area contributed by atoms with Crippen molar-refractivity contribution in [1.29, 1.82) is 0 Å². The molecular weight excluding hydrogens is 453 g/mol. The van der Waals surface area contributed by atoms with E-state index in [2.05, 4.69) is 65.0 Å². The van der Waals surface area contributed by atoms with E-state index in [4.69, 9.17) is 9.47 Å². The van der Waals surface area contributed by atoms with Crippen LogP contribution in [-0.4, -0.2) is 46.0 Å². The number of unbranched alkanes of at least 4 members (excludes halogenated alkanes) is 1. The lowest BCUT2D eigenvalue weighted by Crippen LogP contribution is -2.38. The van der Waals surface area contributed by atoms with E-state index in [1.165, 1.54) is 16.3 Å². The number of hydrogen-bond donors (Lipinski definition) is 2. The lowest BCUT2D eigenvalue weighted by Gasteiger charge is -2.13. The second kappa shape index (κ2) is 14.6. The molecule has 0 aliphatic heterocycles. The highest BCUT2D eigenvalue weighted by molar-refractivity contribution is 14.0. The molecule has 0 radical (unpaired) electrons. The zero-order valence-electron chi connectivity index (χ0n) is 16.4. The lowest BCUT2D eigenvalue weighted by atomic mass is 10.0. The van der Waals surface area contributed by atoms with Gasteiger partial charge in [-0.3, -0.25) is 4.99 Å². The van der Waals surface area contributed by atoms with E-state index in [1.807, 2.05) is 0 Å². The third-order valence-electron chi connectivity index (χ3n) is 4.10. The Hall–Kier alpha value is -1.38. The summed E-state index contributed by atoms with van der Waals surface area (Å²) in [5.74, 6) is 0.778. The molecule has 2 aromatic rings. The molecule has 6 heteroatoms. The number of hydrogen-bond acceptors (Lipinski definition) is 3. The summed E-state index contributed by atoms with van der Waals surface area (Å²) < 4.78 is 11.0. The van der Waals surface area contributed by atoms with Crippen molar-refractivity contribution in [3.05, 3.63) is 48.0 Å². The van der Waals surface area contributed by atoms with Crippen molar-refractivity contribution in [2.24, 2.45) is 4.99 Å². The summed E-state index contributed by atoms with van der Waals surface area (Å²) in [6.07, 6.45) is 2.27. The Labute approximate surface area is 179 Å². The Morgan fingerprint density at radius 1 is 0.926 bits per heavy atom. The molecule has 2 aromatic carbocycles. The normalized spacial score (nSPS) is 11.3. The molecule has 0 saturated carbocycles. The van der Waals surface area contributed by atoms with Gasteiger partial charge in [-0.05, 0) is 22.8 Å². The van der Waals surface area contributed by atoms with Crippen LogP contribution in [0.3, 0.4) is 0 Å². The first-order chi connectivity index (χ1) is 12.8. The number of halogens is 1. The fourth-order valence-electron chi connectivity index (χ4n) is 2.66. The van der Waals surface area contributed by atoms with Crippen LogP contribution in [0.1, 0.15) is 25.3 Å². The first-order valence-corrected chi connectivity index (χ1v) is 9.41. The lowest BCUT2D eigenvalue weighted by molar-refractivity contribution is 0.0487. The minimum atomic E-state index is 0. The van der Waals surface area contributed by atoms with Gasteiger partial charge in [-0.1, -0.05) is 55.8 Å². The largest absolute Gasteiger partial charge is 0.379 e. The van der Waals surface area contributed by atoms with Gasteiger partial charge in [0.2, 0.25) is 0 Å². The molecule has 0 bridgehead atoms. The number of guanidine groups is 1. The standard InChI is InChI=1S/C21H31N3O2.HI/c1-3-4-13-25-15-16-26-14-12-23-21(22-2)24-17-19-10-7-9-18-8-5-6-11-20(18)19;/h5-11H,3-4,12-17H2,1-2H3,(H2,22,23,24);1H. The van der Waals surface area contributed by atoms with Crippen LogP contribution in [0.15, 0.2) is 47.5 Å². The summed E-state index contributed by atoms with van der Waals surface area (Å²) in [6, 6.07) is 14.8. The Balaban J connectivity index is 0.00000364. The molecule has 0 aliphatic rings. The Morgan fingerprint density at radius 2 is 1.67 bits per heavy atom. The van der Waals surface area contributed by atoms with Crippen LogP contribution in [-0.2, 0) is 16.0 Å². The zero-order chi connectivity index (χ0) is 18.5. The summed E-state index contributed by atoms with van der Waals surface area (Å²) in [4.78, 5) is 4.27. The average molecular weight is 485 g/mol. The maximum absolute atomic E-state index is 5.56. The molecule has 0 aliphatic carbocycles. The summed E-state index contributed by atoms with van der Waals surface area (Å²) in [5, 5.41) is 9.16. The minimum absolute atomic E-state index is 0. The van der Waals surface area contributed by atoms with Crippen molar-refractivity contribution in [2.75, 3.05) is 40.0 Å². The van der Waals surface area contributed by atoms with Crippen LogP contribution in [0.2, 0.25) is 0 Å². The quantitative estimate of drug-likeness (QED) is 0.219. The predicted molar refractivity (Wildman–Crippen MR) is 124 cm³/mol. The van der Waals surface area contributed by atoms with E-state index in [0.29, 0.717) is 26.4 Å². The zero-order valence-corrected chi connectivity index (χ0v) is 18.7. The minimum Gasteiger partial charge on any atom is -0.379 e. The first kappa shape index (κ1) is 23.7. The molecule has 0 fully saturated rings. The summed E-state index contributed by atoms with van der Waals surface area (Å²) in [7, 11) is 1.78. The number of benzene rings is 2. The molecule has 27 heavy (non-hydrogen) atoms. The molecular formula is C21H32IN3O2. The Bertz CT molecular complexity index is 674. The Morgan fingerprint density at radius 3 is 2.44 bits per heavy atom. The molecule has 0 amide bonds. The maximum atomic E-state index is 5.56. The topological polar surface area (TPSA) is 54.9 Å². The highest BCUT2D eigenvalue weighted by atomic mass is 127. The molecule has 0 heterocycles. The summed E-state index contributed by atoms with van der Waals surface area (Å²) in [5.41, 5.74) is 1.26. The van der Waals surface area contributed by atoms with Crippen LogP contribution in [0.4, 0.5) is 0 Å². The highest BCUT2D eigenvalue weighted by Gasteiger charge is 2.02. The third-order valence-corrected chi connectivity index (χ3v) is 4.10. The van der Waals surface area contributed by atoms with Crippen LogP contribution in [0.25, 0.3) is 10.8 Å². The van der Waals surface area contributed by atoms with Gasteiger partial charge in [-0.25, -0.2) is 0 Å². The van der Waals surface area contributed by atoms with Gasteiger partial charge in [0, 0.05) is 26.7 Å². The number of fused-ring (bicyclic) bond motifs is 1. The van der Waals surface area contributed by atoms with Gasteiger partial charge in [0.05, 0.1) is 19.8 Å².